The number of nitrogens with one attached hydrogen (secondary N) is 1. The highest BCUT2D eigenvalue weighted by molar-refractivity contribution is 5.85. The van der Waals surface area contributed by atoms with E-state index in [-0.39, 0.29) is 19.6 Å². The van der Waals surface area contributed by atoms with Gasteiger partial charge in [-0.1, -0.05) is 42.5 Å². The lowest BCUT2D eigenvalue weighted by Crippen LogP contribution is -2.52. The third-order valence-electron chi connectivity index (χ3n) is 4.43. The number of hydrogen-bond acceptors (Lipinski definition) is 6. The van der Waals surface area contributed by atoms with Gasteiger partial charge in [0.05, 0.1) is 0 Å². The highest BCUT2D eigenvalue weighted by Crippen LogP contribution is 2.14. The summed E-state index contributed by atoms with van der Waals surface area (Å²) in [5.74, 6) is 0.0132. The average molecular weight is 428 g/mol. The molecule has 0 aliphatic carbocycles. The van der Waals surface area contributed by atoms with Gasteiger partial charge in [0.2, 0.25) is 0 Å². The zero-order chi connectivity index (χ0) is 22.6. The number of carbonyl (C=O) groups is 2. The number of amides is 2. The van der Waals surface area contributed by atoms with Crippen LogP contribution in [0.1, 0.15) is 11.1 Å². The fourth-order valence-corrected chi connectivity index (χ4v) is 2.66. The lowest BCUT2D eigenvalue weighted by Gasteiger charge is -2.27. The van der Waals surface area contributed by atoms with Gasteiger partial charge in [-0.25, -0.2) is 19.2 Å². The Morgan fingerprint density at radius 3 is 2.39 bits per heavy atom. The smallest absolute Gasteiger partial charge is 0.408 e. The molecule has 0 aromatic heterocycles. The van der Waals surface area contributed by atoms with Gasteiger partial charge in [-0.05, 0) is 23.3 Å². The Kier molecular flexibility index (Phi) is 9.11. The number of nitriles is 1. The van der Waals surface area contributed by atoms with E-state index < -0.39 is 24.7 Å². The number of carbonyl (C=O) groups excluding carboxylic acids is 2. The Morgan fingerprint density at radius 2 is 1.77 bits per heavy atom. The van der Waals surface area contributed by atoms with Crippen LogP contribution in [-0.4, -0.2) is 55.4 Å². The predicted octanol–water partition coefficient (Wildman–Crippen LogP) is 2.66. The van der Waals surface area contributed by atoms with Crippen molar-refractivity contribution in [2.75, 3.05) is 27.4 Å². The van der Waals surface area contributed by atoms with E-state index >= 15 is 0 Å². The van der Waals surface area contributed by atoms with Crippen LogP contribution >= 0.6 is 0 Å². The quantitative estimate of drug-likeness (QED) is 0.355. The summed E-state index contributed by atoms with van der Waals surface area (Å²) in [7, 11) is 2.86. The van der Waals surface area contributed by atoms with Gasteiger partial charge >= 0.3 is 6.09 Å². The minimum Gasteiger partial charge on any atom is -0.491 e. The van der Waals surface area contributed by atoms with Gasteiger partial charge < -0.3 is 14.8 Å². The Bertz CT molecular complexity index is 887. The van der Waals surface area contributed by atoms with Crippen molar-refractivity contribution in [3.05, 3.63) is 65.7 Å². The molecule has 0 aliphatic rings. The summed E-state index contributed by atoms with van der Waals surface area (Å²) in [6, 6.07) is 14.9. The summed E-state index contributed by atoms with van der Waals surface area (Å²) < 4.78 is 22.7. The summed E-state index contributed by atoms with van der Waals surface area (Å²) in [5, 5.41) is 13.8. The molecule has 2 rings (SSSR count). The first-order chi connectivity index (χ1) is 14.9. The SMILES string of the molecule is CN(C#N)N(C)C(=O)[C@H](Cc1ccc(OCCF)cc1)NC(=O)OCc1ccccc1. The van der Waals surface area contributed by atoms with E-state index in [0.717, 1.165) is 21.1 Å². The highest BCUT2D eigenvalue weighted by Gasteiger charge is 2.27. The largest absolute Gasteiger partial charge is 0.491 e. The van der Waals surface area contributed by atoms with E-state index in [1.54, 1.807) is 24.3 Å². The topological polar surface area (TPSA) is 94.9 Å². The molecule has 0 spiro atoms. The molecule has 0 bridgehead atoms. The molecule has 0 saturated heterocycles. The maximum absolute atomic E-state index is 12.9. The number of hydrazine groups is 1. The number of rotatable bonds is 10. The van der Waals surface area contributed by atoms with Crippen molar-refractivity contribution in [1.82, 2.24) is 15.3 Å². The van der Waals surface area contributed by atoms with Gasteiger partial charge in [0.25, 0.3) is 5.91 Å². The second-order valence-electron chi connectivity index (χ2n) is 6.63. The molecule has 31 heavy (non-hydrogen) atoms. The van der Waals surface area contributed by atoms with Crippen LogP contribution < -0.4 is 10.1 Å². The van der Waals surface area contributed by atoms with Crippen LogP contribution in [-0.2, 0) is 22.6 Å². The Morgan fingerprint density at radius 1 is 1.10 bits per heavy atom. The first kappa shape index (κ1) is 23.5. The third-order valence-corrected chi connectivity index (χ3v) is 4.43. The van der Waals surface area contributed by atoms with Gasteiger partial charge in [0, 0.05) is 20.5 Å². The predicted molar refractivity (Wildman–Crippen MR) is 111 cm³/mol. The third kappa shape index (κ3) is 7.51. The van der Waals surface area contributed by atoms with Crippen molar-refractivity contribution in [2.45, 2.75) is 19.1 Å². The maximum Gasteiger partial charge on any atom is 0.408 e. The number of hydrogen-bond donors (Lipinski definition) is 1. The Labute approximate surface area is 180 Å². The zero-order valence-corrected chi connectivity index (χ0v) is 17.5. The van der Waals surface area contributed by atoms with Crippen LogP contribution in [0.5, 0.6) is 5.75 Å². The van der Waals surface area contributed by atoms with E-state index in [1.165, 1.54) is 14.1 Å². The number of benzene rings is 2. The first-order valence-electron chi connectivity index (χ1n) is 9.60. The van der Waals surface area contributed by atoms with Crippen molar-refractivity contribution < 1.29 is 23.5 Å². The van der Waals surface area contributed by atoms with Crippen LogP contribution in [0.25, 0.3) is 0 Å². The number of halogens is 1. The molecule has 164 valence electrons. The molecule has 0 unspecified atom stereocenters. The molecule has 0 radical (unpaired) electrons. The molecule has 1 atom stereocenters. The van der Waals surface area contributed by atoms with Crippen LogP contribution in [0.15, 0.2) is 54.6 Å². The van der Waals surface area contributed by atoms with E-state index in [4.69, 9.17) is 14.7 Å². The summed E-state index contributed by atoms with van der Waals surface area (Å²) in [6.45, 7) is -0.575. The Balaban J connectivity index is 2.07. The average Bonchev–Trinajstić information content (AvgIpc) is 2.81. The maximum atomic E-state index is 12.9. The number of alkyl halides is 1. The minimum absolute atomic E-state index is 0.0411. The molecule has 2 aromatic carbocycles. The van der Waals surface area contributed by atoms with Gasteiger partial charge in [-0.2, -0.15) is 5.26 Å². The van der Waals surface area contributed by atoms with Gasteiger partial charge in [0.15, 0.2) is 6.19 Å². The van der Waals surface area contributed by atoms with Crippen LogP contribution in [0.2, 0.25) is 0 Å². The van der Waals surface area contributed by atoms with E-state index in [1.807, 2.05) is 36.5 Å². The lowest BCUT2D eigenvalue weighted by atomic mass is 10.1. The van der Waals surface area contributed by atoms with Gasteiger partial charge in [-0.15, -0.1) is 0 Å². The first-order valence-corrected chi connectivity index (χ1v) is 9.60. The summed E-state index contributed by atoms with van der Waals surface area (Å²) >= 11 is 0. The van der Waals surface area contributed by atoms with E-state index in [2.05, 4.69) is 5.32 Å². The summed E-state index contributed by atoms with van der Waals surface area (Å²) in [4.78, 5) is 25.2. The van der Waals surface area contributed by atoms with Gasteiger partial charge in [-0.3, -0.25) is 4.79 Å². The fraction of sp³-hybridized carbons (Fsp3) is 0.318. The van der Waals surface area contributed by atoms with Crippen molar-refractivity contribution in [3.8, 4) is 11.9 Å². The highest BCUT2D eigenvalue weighted by atomic mass is 19.1. The molecule has 0 saturated carbocycles. The Hall–Kier alpha value is -3.80. The van der Waals surface area contributed by atoms with Crippen molar-refractivity contribution >= 4 is 12.0 Å². The normalized spacial score (nSPS) is 11.0. The van der Waals surface area contributed by atoms with Gasteiger partial charge in [0.1, 0.15) is 31.7 Å². The van der Waals surface area contributed by atoms with Crippen LogP contribution in [0.3, 0.4) is 0 Å². The lowest BCUT2D eigenvalue weighted by molar-refractivity contribution is -0.141. The monoisotopic (exact) mass is 428 g/mol. The van der Waals surface area contributed by atoms with Crippen molar-refractivity contribution in [1.29, 1.82) is 5.26 Å². The minimum atomic E-state index is -0.971. The van der Waals surface area contributed by atoms with Crippen molar-refractivity contribution in [3.63, 3.8) is 0 Å². The molecule has 0 aliphatic heterocycles. The molecule has 9 heteroatoms. The molecule has 0 fully saturated rings. The number of nitrogens with zero attached hydrogens (tertiary/aromatic N) is 3. The summed E-state index contributed by atoms with van der Waals surface area (Å²) in [6.07, 6.45) is 1.25. The molecular formula is C22H25FN4O4. The van der Waals surface area contributed by atoms with Crippen LogP contribution in [0.4, 0.5) is 9.18 Å². The summed E-state index contributed by atoms with van der Waals surface area (Å²) in [5.41, 5.74) is 1.55. The number of alkyl carbamates (subject to hydrolysis) is 1. The molecule has 2 aromatic rings. The molecule has 1 N–H and O–H groups in total. The molecule has 0 heterocycles. The molecule has 8 nitrogen and oxygen atoms in total. The zero-order valence-electron chi connectivity index (χ0n) is 17.5. The number of ether oxygens (including phenoxy) is 2. The van der Waals surface area contributed by atoms with Crippen LogP contribution in [0, 0.1) is 11.5 Å². The van der Waals surface area contributed by atoms with Crippen molar-refractivity contribution in [2.24, 2.45) is 0 Å². The number of likely N-dealkylation sites (N-methyl/N-ethyl adjacent to an activating group) is 1. The van der Waals surface area contributed by atoms with E-state index in [0.29, 0.717) is 5.75 Å². The standard InChI is InChI=1S/C22H25FN4O4/c1-26(16-24)27(2)21(28)20(14-17-8-10-19(11-9-17)30-13-12-23)25-22(29)31-15-18-6-4-3-5-7-18/h3-11,20H,12-15H2,1-2H3,(H,25,29)/t20-/m0/s1. The second-order valence-corrected chi connectivity index (χ2v) is 6.63. The fourth-order valence-electron chi connectivity index (χ4n) is 2.66. The molecular weight excluding hydrogens is 403 g/mol. The van der Waals surface area contributed by atoms with E-state index in [9.17, 15) is 14.0 Å². The second kappa shape index (κ2) is 12.0. The molecule has 2 amide bonds.